The van der Waals surface area contributed by atoms with E-state index in [9.17, 15) is 18.4 Å². The van der Waals surface area contributed by atoms with E-state index in [4.69, 9.17) is 4.74 Å². The molecular formula is C15H10F2O3. The standard InChI is InChI=1S/C15H10F2O3/c1-9(18)20-14-5-3-2-4-11(14)15(19)12-8-10(16)6-7-13(12)17/h2-8H,1H3. The third-order valence-electron chi connectivity index (χ3n) is 2.56. The van der Waals surface area contributed by atoms with Crippen LogP contribution in [0, 0.1) is 11.6 Å². The fraction of sp³-hybridized carbons (Fsp3) is 0.0667. The summed E-state index contributed by atoms with van der Waals surface area (Å²) in [6.45, 7) is 1.18. The molecule has 0 saturated carbocycles. The number of carbonyl (C=O) groups excluding carboxylic acids is 2. The van der Waals surface area contributed by atoms with Crippen molar-refractivity contribution in [3.05, 3.63) is 65.2 Å². The van der Waals surface area contributed by atoms with Crippen molar-refractivity contribution in [2.45, 2.75) is 6.92 Å². The third-order valence-corrected chi connectivity index (χ3v) is 2.56. The number of ether oxygens (including phenoxy) is 1. The van der Waals surface area contributed by atoms with Crippen LogP contribution in [-0.4, -0.2) is 11.8 Å². The van der Waals surface area contributed by atoms with E-state index in [2.05, 4.69) is 0 Å². The van der Waals surface area contributed by atoms with Crippen molar-refractivity contribution in [3.63, 3.8) is 0 Å². The van der Waals surface area contributed by atoms with Gasteiger partial charge in [-0.25, -0.2) is 8.78 Å². The largest absolute Gasteiger partial charge is 0.426 e. The Morgan fingerprint density at radius 2 is 1.70 bits per heavy atom. The Bertz CT molecular complexity index is 681. The van der Waals surface area contributed by atoms with Crippen LogP contribution in [-0.2, 0) is 4.79 Å². The predicted molar refractivity (Wildman–Crippen MR) is 67.5 cm³/mol. The summed E-state index contributed by atoms with van der Waals surface area (Å²) < 4.78 is 31.6. The van der Waals surface area contributed by atoms with Gasteiger partial charge in [0.05, 0.1) is 11.1 Å². The first-order valence-corrected chi connectivity index (χ1v) is 5.76. The normalized spacial score (nSPS) is 10.2. The highest BCUT2D eigenvalue weighted by Gasteiger charge is 2.19. The molecule has 102 valence electrons. The number of halogens is 2. The van der Waals surface area contributed by atoms with E-state index >= 15 is 0 Å². The molecule has 0 fully saturated rings. The number of ketones is 1. The lowest BCUT2D eigenvalue weighted by Gasteiger charge is -2.08. The second-order valence-electron chi connectivity index (χ2n) is 4.04. The molecule has 20 heavy (non-hydrogen) atoms. The van der Waals surface area contributed by atoms with E-state index in [1.54, 1.807) is 6.07 Å². The lowest BCUT2D eigenvalue weighted by Crippen LogP contribution is -2.10. The van der Waals surface area contributed by atoms with Gasteiger partial charge in [-0.2, -0.15) is 0 Å². The van der Waals surface area contributed by atoms with E-state index in [1.165, 1.54) is 25.1 Å². The zero-order chi connectivity index (χ0) is 14.7. The van der Waals surface area contributed by atoms with Gasteiger partial charge in [0.2, 0.25) is 0 Å². The summed E-state index contributed by atoms with van der Waals surface area (Å²) in [5.41, 5.74) is -0.420. The van der Waals surface area contributed by atoms with Crippen molar-refractivity contribution in [2.75, 3.05) is 0 Å². The van der Waals surface area contributed by atoms with E-state index < -0.39 is 29.0 Å². The minimum absolute atomic E-state index is 0.00722. The number of hydrogen-bond donors (Lipinski definition) is 0. The number of para-hydroxylation sites is 1. The minimum Gasteiger partial charge on any atom is -0.426 e. The molecule has 0 N–H and O–H groups in total. The van der Waals surface area contributed by atoms with Crippen LogP contribution in [0.5, 0.6) is 5.75 Å². The number of benzene rings is 2. The van der Waals surface area contributed by atoms with Crippen molar-refractivity contribution in [1.82, 2.24) is 0 Å². The maximum Gasteiger partial charge on any atom is 0.308 e. The number of esters is 1. The molecule has 0 spiro atoms. The molecule has 0 atom stereocenters. The summed E-state index contributed by atoms with van der Waals surface area (Å²) in [5.74, 6) is -2.91. The van der Waals surface area contributed by atoms with E-state index in [0.29, 0.717) is 0 Å². The van der Waals surface area contributed by atoms with Crippen molar-refractivity contribution >= 4 is 11.8 Å². The summed E-state index contributed by atoms with van der Waals surface area (Å²) in [7, 11) is 0. The molecule has 0 aromatic heterocycles. The molecule has 2 aromatic carbocycles. The molecule has 5 heteroatoms. The maximum atomic E-state index is 13.6. The highest BCUT2D eigenvalue weighted by molar-refractivity contribution is 6.11. The van der Waals surface area contributed by atoms with Crippen LogP contribution >= 0.6 is 0 Å². The van der Waals surface area contributed by atoms with Crippen LogP contribution in [0.2, 0.25) is 0 Å². The molecule has 0 heterocycles. The van der Waals surface area contributed by atoms with Crippen LogP contribution in [0.1, 0.15) is 22.8 Å². The first-order chi connectivity index (χ1) is 9.49. The quantitative estimate of drug-likeness (QED) is 0.491. The first-order valence-electron chi connectivity index (χ1n) is 5.76. The van der Waals surface area contributed by atoms with Crippen LogP contribution in [0.3, 0.4) is 0 Å². The summed E-state index contributed by atoms with van der Waals surface area (Å²) in [6.07, 6.45) is 0. The average molecular weight is 276 g/mol. The fourth-order valence-electron chi connectivity index (χ4n) is 1.71. The number of hydrogen-bond acceptors (Lipinski definition) is 3. The minimum atomic E-state index is -0.839. The Hall–Kier alpha value is -2.56. The Morgan fingerprint density at radius 1 is 1.00 bits per heavy atom. The summed E-state index contributed by atoms with van der Waals surface area (Å²) in [6, 6.07) is 8.49. The molecule has 2 rings (SSSR count). The van der Waals surface area contributed by atoms with Crippen molar-refractivity contribution in [1.29, 1.82) is 0 Å². The highest BCUT2D eigenvalue weighted by atomic mass is 19.1. The van der Waals surface area contributed by atoms with Gasteiger partial charge in [-0.1, -0.05) is 12.1 Å². The van der Waals surface area contributed by atoms with Crippen molar-refractivity contribution in [3.8, 4) is 5.75 Å². The lowest BCUT2D eigenvalue weighted by molar-refractivity contribution is -0.131. The lowest BCUT2D eigenvalue weighted by atomic mass is 10.0. The van der Waals surface area contributed by atoms with Gasteiger partial charge in [0, 0.05) is 6.92 Å². The van der Waals surface area contributed by atoms with Crippen LogP contribution < -0.4 is 4.74 Å². The topological polar surface area (TPSA) is 43.4 Å². The predicted octanol–water partition coefficient (Wildman–Crippen LogP) is 3.12. The first kappa shape index (κ1) is 13.9. The molecule has 0 aliphatic heterocycles. The van der Waals surface area contributed by atoms with E-state index in [-0.39, 0.29) is 11.3 Å². The average Bonchev–Trinajstić information content (AvgIpc) is 2.41. The second kappa shape index (κ2) is 5.61. The van der Waals surface area contributed by atoms with Gasteiger partial charge in [-0.15, -0.1) is 0 Å². The van der Waals surface area contributed by atoms with Crippen LogP contribution in [0.15, 0.2) is 42.5 Å². The van der Waals surface area contributed by atoms with Gasteiger partial charge in [0.1, 0.15) is 17.4 Å². The Labute approximate surface area is 113 Å². The Kier molecular flexibility index (Phi) is 3.89. The van der Waals surface area contributed by atoms with E-state index in [0.717, 1.165) is 18.2 Å². The fourth-order valence-corrected chi connectivity index (χ4v) is 1.71. The van der Waals surface area contributed by atoms with E-state index in [1.807, 2.05) is 0 Å². The molecule has 0 aliphatic carbocycles. The van der Waals surface area contributed by atoms with Crippen molar-refractivity contribution < 1.29 is 23.1 Å². The smallest absolute Gasteiger partial charge is 0.308 e. The SMILES string of the molecule is CC(=O)Oc1ccccc1C(=O)c1cc(F)ccc1F. The van der Waals surface area contributed by atoms with Crippen LogP contribution in [0.4, 0.5) is 8.78 Å². The summed E-state index contributed by atoms with van der Waals surface area (Å²) in [5, 5.41) is 0. The second-order valence-corrected chi connectivity index (χ2v) is 4.04. The molecule has 0 unspecified atom stereocenters. The maximum absolute atomic E-state index is 13.6. The molecule has 0 bridgehead atoms. The van der Waals surface area contributed by atoms with Gasteiger partial charge < -0.3 is 4.74 Å². The third kappa shape index (κ3) is 2.88. The summed E-state index contributed by atoms with van der Waals surface area (Å²) in [4.78, 5) is 23.2. The molecule has 0 aliphatic rings. The molecule has 0 saturated heterocycles. The summed E-state index contributed by atoms with van der Waals surface area (Å²) >= 11 is 0. The highest BCUT2D eigenvalue weighted by Crippen LogP contribution is 2.23. The zero-order valence-corrected chi connectivity index (χ0v) is 10.5. The molecular weight excluding hydrogens is 266 g/mol. The molecule has 0 radical (unpaired) electrons. The van der Waals surface area contributed by atoms with Crippen molar-refractivity contribution in [2.24, 2.45) is 0 Å². The number of rotatable bonds is 3. The Balaban J connectivity index is 2.48. The monoisotopic (exact) mass is 276 g/mol. The Morgan fingerprint density at radius 3 is 2.40 bits per heavy atom. The van der Waals surface area contributed by atoms with Gasteiger partial charge in [-0.05, 0) is 30.3 Å². The van der Waals surface area contributed by atoms with Gasteiger partial charge in [-0.3, -0.25) is 9.59 Å². The van der Waals surface area contributed by atoms with Gasteiger partial charge >= 0.3 is 5.97 Å². The zero-order valence-electron chi connectivity index (χ0n) is 10.5. The number of carbonyl (C=O) groups is 2. The van der Waals surface area contributed by atoms with Gasteiger partial charge in [0.25, 0.3) is 0 Å². The molecule has 3 nitrogen and oxygen atoms in total. The molecule has 0 amide bonds. The van der Waals surface area contributed by atoms with Crippen LogP contribution in [0.25, 0.3) is 0 Å². The molecule has 2 aromatic rings. The van der Waals surface area contributed by atoms with Gasteiger partial charge in [0.15, 0.2) is 5.78 Å².